The second-order valence-corrected chi connectivity index (χ2v) is 8.89. The molecule has 0 saturated carbocycles. The molecule has 0 spiro atoms. The fraction of sp³-hybridized carbons (Fsp3) is 0.280. The van der Waals surface area contributed by atoms with Gasteiger partial charge < -0.3 is 14.8 Å². The maximum Gasteiger partial charge on any atom is 0.187 e. The smallest absolute Gasteiger partial charge is 0.187 e. The first-order valence-corrected chi connectivity index (χ1v) is 11.5. The fourth-order valence-electron chi connectivity index (χ4n) is 3.76. The molecular weight excluding hydrogens is 402 g/mol. The Kier molecular flexibility index (Phi) is 6.09. The number of rotatable bonds is 7. The number of benzene rings is 2. The van der Waals surface area contributed by atoms with Crippen molar-refractivity contribution < 1.29 is 0 Å². The molecular formula is C25H29N5S. The number of anilines is 3. The summed E-state index contributed by atoms with van der Waals surface area (Å²) in [6.45, 7) is 12.7. The van der Waals surface area contributed by atoms with Crippen LogP contribution < -0.4 is 10.2 Å². The predicted octanol–water partition coefficient (Wildman–Crippen LogP) is 6.51. The van der Waals surface area contributed by atoms with Gasteiger partial charge in [0.2, 0.25) is 0 Å². The number of hydrogen-bond donors (Lipinski definition) is 1. The van der Waals surface area contributed by atoms with Crippen LogP contribution >= 0.6 is 11.3 Å². The summed E-state index contributed by atoms with van der Waals surface area (Å²) in [7, 11) is 0. The van der Waals surface area contributed by atoms with Crippen molar-refractivity contribution in [1.82, 2.24) is 14.5 Å². The highest BCUT2D eigenvalue weighted by Gasteiger charge is 2.12. The lowest BCUT2D eigenvalue weighted by Crippen LogP contribution is -2.21. The molecule has 0 radical (unpaired) electrons. The van der Waals surface area contributed by atoms with Gasteiger partial charge in [0.15, 0.2) is 5.13 Å². The normalized spacial score (nSPS) is 11.0. The molecule has 1 N–H and O–H groups in total. The number of aryl methyl sites for hydroxylation is 3. The van der Waals surface area contributed by atoms with Crippen LogP contribution in [0.1, 0.15) is 30.0 Å². The minimum absolute atomic E-state index is 0.917. The first-order valence-electron chi connectivity index (χ1n) is 10.7. The SMILES string of the molecule is CCN(CC)c1ccc(Nc2nc(-c3ccc(-n4cnc(C)c4)cc3)c(C)s2)c(C)c1. The van der Waals surface area contributed by atoms with E-state index in [1.165, 1.54) is 16.1 Å². The number of aromatic nitrogens is 3. The standard InChI is InChI=1S/C25H29N5S/c1-6-29(7-2)22-12-13-23(17(3)14-22)27-25-28-24(19(5)31-25)20-8-10-21(11-9-20)30-15-18(4)26-16-30/h8-16H,6-7H2,1-5H3,(H,27,28). The Labute approximate surface area is 188 Å². The lowest BCUT2D eigenvalue weighted by molar-refractivity contribution is 0.866. The second kappa shape index (κ2) is 8.94. The molecule has 2 aromatic heterocycles. The van der Waals surface area contributed by atoms with E-state index in [2.05, 4.69) is 85.4 Å². The average Bonchev–Trinajstić information content (AvgIpc) is 3.36. The molecule has 0 atom stereocenters. The Morgan fingerprint density at radius 1 is 1.00 bits per heavy atom. The summed E-state index contributed by atoms with van der Waals surface area (Å²) in [5.74, 6) is 0. The third-order valence-electron chi connectivity index (χ3n) is 5.53. The Balaban J connectivity index is 1.54. The van der Waals surface area contributed by atoms with Gasteiger partial charge in [0.05, 0.1) is 17.7 Å². The molecule has 0 bridgehead atoms. The van der Waals surface area contributed by atoms with Gasteiger partial charge in [0.25, 0.3) is 0 Å². The molecule has 0 saturated heterocycles. The van der Waals surface area contributed by atoms with Crippen molar-refractivity contribution in [3.63, 3.8) is 0 Å². The third-order valence-corrected chi connectivity index (χ3v) is 6.41. The minimum Gasteiger partial charge on any atom is -0.372 e. The first-order chi connectivity index (χ1) is 15.0. The topological polar surface area (TPSA) is 46.0 Å². The van der Waals surface area contributed by atoms with Gasteiger partial charge in [-0.1, -0.05) is 12.1 Å². The molecule has 0 aliphatic heterocycles. The summed E-state index contributed by atoms with van der Waals surface area (Å²) in [6.07, 6.45) is 3.87. The molecule has 5 nitrogen and oxygen atoms in total. The molecule has 160 valence electrons. The lowest BCUT2D eigenvalue weighted by atomic mass is 10.1. The van der Waals surface area contributed by atoms with Crippen molar-refractivity contribution in [2.24, 2.45) is 0 Å². The van der Waals surface area contributed by atoms with E-state index in [-0.39, 0.29) is 0 Å². The van der Waals surface area contributed by atoms with Gasteiger partial charge in [0, 0.05) is 46.8 Å². The fourth-order valence-corrected chi connectivity index (χ4v) is 4.61. The second-order valence-electron chi connectivity index (χ2n) is 7.69. The van der Waals surface area contributed by atoms with E-state index in [1.807, 2.05) is 24.0 Å². The first kappa shape index (κ1) is 21.1. The summed E-state index contributed by atoms with van der Waals surface area (Å²) in [4.78, 5) is 12.8. The van der Waals surface area contributed by atoms with Crippen LogP contribution in [0.15, 0.2) is 55.0 Å². The summed E-state index contributed by atoms with van der Waals surface area (Å²) in [5, 5.41) is 4.44. The van der Waals surface area contributed by atoms with Crippen LogP contribution in [-0.2, 0) is 0 Å². The summed E-state index contributed by atoms with van der Waals surface area (Å²) in [6, 6.07) is 15.0. The van der Waals surface area contributed by atoms with E-state index in [1.54, 1.807) is 11.3 Å². The van der Waals surface area contributed by atoms with Crippen molar-refractivity contribution in [2.75, 3.05) is 23.3 Å². The van der Waals surface area contributed by atoms with Crippen molar-refractivity contribution in [1.29, 1.82) is 0 Å². The third kappa shape index (κ3) is 4.49. The molecule has 2 heterocycles. The van der Waals surface area contributed by atoms with Gasteiger partial charge in [-0.15, -0.1) is 11.3 Å². The van der Waals surface area contributed by atoms with E-state index in [4.69, 9.17) is 4.98 Å². The number of nitrogens with one attached hydrogen (secondary N) is 1. The van der Waals surface area contributed by atoms with E-state index in [0.717, 1.165) is 46.5 Å². The maximum atomic E-state index is 4.89. The van der Waals surface area contributed by atoms with Gasteiger partial charge in [-0.2, -0.15) is 0 Å². The Morgan fingerprint density at radius 2 is 1.74 bits per heavy atom. The van der Waals surface area contributed by atoms with Crippen LogP contribution in [-0.4, -0.2) is 27.6 Å². The summed E-state index contributed by atoms with van der Waals surface area (Å²) < 4.78 is 2.03. The Bertz CT molecular complexity index is 1170. The van der Waals surface area contributed by atoms with E-state index in [9.17, 15) is 0 Å². The highest BCUT2D eigenvalue weighted by molar-refractivity contribution is 7.16. The molecule has 4 aromatic rings. The lowest BCUT2D eigenvalue weighted by Gasteiger charge is -2.22. The molecule has 31 heavy (non-hydrogen) atoms. The van der Waals surface area contributed by atoms with Crippen LogP contribution in [0.2, 0.25) is 0 Å². The van der Waals surface area contributed by atoms with Gasteiger partial charge in [-0.05, 0) is 70.5 Å². The van der Waals surface area contributed by atoms with Gasteiger partial charge in [0.1, 0.15) is 0 Å². The number of nitrogens with zero attached hydrogens (tertiary/aromatic N) is 4. The van der Waals surface area contributed by atoms with Gasteiger partial charge >= 0.3 is 0 Å². The quantitative estimate of drug-likeness (QED) is 0.362. The number of thiazole rings is 1. The molecule has 0 fully saturated rings. The zero-order valence-corrected chi connectivity index (χ0v) is 19.6. The molecule has 6 heteroatoms. The van der Waals surface area contributed by atoms with Crippen LogP contribution in [0.3, 0.4) is 0 Å². The largest absolute Gasteiger partial charge is 0.372 e. The monoisotopic (exact) mass is 431 g/mol. The highest BCUT2D eigenvalue weighted by Crippen LogP contribution is 2.33. The molecule has 0 aliphatic carbocycles. The number of hydrogen-bond acceptors (Lipinski definition) is 5. The highest BCUT2D eigenvalue weighted by atomic mass is 32.1. The maximum absolute atomic E-state index is 4.89. The molecule has 2 aromatic carbocycles. The van der Waals surface area contributed by atoms with E-state index < -0.39 is 0 Å². The van der Waals surface area contributed by atoms with Gasteiger partial charge in [-0.3, -0.25) is 0 Å². The summed E-state index contributed by atoms with van der Waals surface area (Å²) in [5.41, 5.74) is 7.84. The van der Waals surface area contributed by atoms with Crippen molar-refractivity contribution in [3.8, 4) is 16.9 Å². The van der Waals surface area contributed by atoms with Crippen molar-refractivity contribution in [3.05, 3.63) is 71.1 Å². The molecule has 0 unspecified atom stereocenters. The average molecular weight is 432 g/mol. The zero-order valence-electron chi connectivity index (χ0n) is 18.8. The predicted molar refractivity (Wildman–Crippen MR) is 132 cm³/mol. The van der Waals surface area contributed by atoms with Crippen LogP contribution in [0, 0.1) is 20.8 Å². The Hall–Kier alpha value is -3.12. The zero-order chi connectivity index (χ0) is 22.0. The van der Waals surface area contributed by atoms with Gasteiger partial charge in [-0.25, -0.2) is 9.97 Å². The Morgan fingerprint density at radius 3 is 2.35 bits per heavy atom. The van der Waals surface area contributed by atoms with Crippen molar-refractivity contribution >= 4 is 27.8 Å². The molecule has 0 amide bonds. The van der Waals surface area contributed by atoms with Crippen LogP contribution in [0.5, 0.6) is 0 Å². The molecule has 4 rings (SSSR count). The van der Waals surface area contributed by atoms with Crippen LogP contribution in [0.4, 0.5) is 16.5 Å². The number of imidazole rings is 1. The van der Waals surface area contributed by atoms with Crippen LogP contribution in [0.25, 0.3) is 16.9 Å². The molecule has 0 aliphatic rings. The summed E-state index contributed by atoms with van der Waals surface area (Å²) >= 11 is 1.69. The van der Waals surface area contributed by atoms with E-state index >= 15 is 0 Å². The van der Waals surface area contributed by atoms with E-state index in [0.29, 0.717) is 0 Å². The van der Waals surface area contributed by atoms with Crippen molar-refractivity contribution in [2.45, 2.75) is 34.6 Å². The minimum atomic E-state index is 0.917.